The van der Waals surface area contributed by atoms with Crippen molar-refractivity contribution in [2.45, 2.75) is 77.0 Å². The molecule has 724 valence electrons. The molecule has 0 aliphatic carbocycles. The van der Waals surface area contributed by atoms with Gasteiger partial charge < -0.3 is 119 Å². The highest BCUT2D eigenvalue weighted by Crippen LogP contribution is 2.34. The Labute approximate surface area is 1040 Å². The first-order chi connectivity index (χ1) is 62.5. The summed E-state index contributed by atoms with van der Waals surface area (Å²) in [6.07, 6.45) is -3.48. The first kappa shape index (κ1) is 131. The van der Waals surface area contributed by atoms with E-state index in [9.17, 15) is 118 Å². The molecule has 6 amide bonds. The number of ether oxygens (including phenoxy) is 5. The number of benzene rings is 8. The number of carbonyl (C=O) groups is 16. The van der Waals surface area contributed by atoms with Crippen LogP contribution in [0, 0.1) is 71.4 Å². The smallest absolute Gasteiger partial charge is 0.411 e. The number of hydrogen-bond acceptors (Lipinski definition) is 29. The lowest BCUT2D eigenvalue weighted by atomic mass is 10.2. The van der Waals surface area contributed by atoms with Gasteiger partial charge in [-0.2, -0.15) is 0 Å². The molecule has 6 N–H and O–H groups in total. The molecule has 8 aromatic rings. The van der Waals surface area contributed by atoms with E-state index < -0.39 is 90.3 Å². The highest BCUT2D eigenvalue weighted by atomic mass is 127. The Morgan fingerprint density at radius 3 is 0.910 bits per heavy atom. The summed E-state index contributed by atoms with van der Waals surface area (Å²) in [6, 6.07) is 36.4. The largest absolute Gasteiger partial charge is 0.550 e. The Kier molecular flexibility index (Phi) is 71.1. The highest BCUT2D eigenvalue weighted by Gasteiger charge is 2.18. The number of hydrogen-bond donors (Lipinski definition) is 6. The van der Waals surface area contributed by atoms with E-state index in [-0.39, 0.29) is 102 Å². The zero-order valence-electron chi connectivity index (χ0n) is 66.6. The van der Waals surface area contributed by atoms with Crippen LogP contribution >= 0.6 is 452 Å². The van der Waals surface area contributed by atoms with Crippen molar-refractivity contribution in [3.05, 3.63) is 193 Å². The standard InChI is InChI=1S/C11H10I3NO3.C11H12INO4.C10H8I3NO4.C10H8I3NO3.C10H7I3O4.C10H10INO4.C9H6I3NO3.C8H3I3O4/c12-7-4-6(5-8(13)11(7)14)15-9(16)2-1-3-10(17)18;12-8-3-1-4-9(7-8)13-11(16)17-6-2-5-10(14)15;11-6-3-5(4-7(12)9(6)13)14-10(17)18-2-1-8(15)16;11-6-3-5(4-7(12)10(6)13)14-8(15)1-2-9(16)17;11-5-3-6(12)10(7(13)4-5)17-9(16)2-1-8(14)15;11-7-1-3-8(4-2-7)12-10(15)16-6-5-9(13)14;10-5-1-4(2-6(11)9(5)12)13-7(14)3-8(15)16;9-3-1-4(10)6(5(11)2-3)15-8(14)7(12)13/h4-5H,1-3H2,(H,15,16)(H,17,18);1,3-4,7H,2,5-6H2,(H,13,16)(H,14,15);3-4H,1-2H2,(H,14,17)(H,15,16);3-4H,1-2H2,(H,14,15)(H,16,17);3-4H,1-2H2,(H,14,15);1-4H,5-6H2,(H,12,15)(H,13,14);1-2H,3H2,(H,13,14)(H,15,16);1-2H,(H,12,13)/p-8. The molecule has 0 aliphatic heterocycles. The van der Waals surface area contributed by atoms with Gasteiger partial charge in [-0.05, 0) is 606 Å². The molecule has 0 unspecified atom stereocenters. The summed E-state index contributed by atoms with van der Waals surface area (Å²) in [4.78, 5) is 171. The number of aliphatic carboxylic acids is 8. The van der Waals surface area contributed by atoms with E-state index in [1.807, 2.05) is 118 Å². The summed E-state index contributed by atoms with van der Waals surface area (Å²) in [5.74, 6) is -12.7. The number of carboxylic acid groups (broad SMARTS) is 8. The number of anilines is 6. The Balaban J connectivity index is 0.000000766. The molecule has 0 aliphatic rings. The number of carbonyl (C=O) groups excluding carboxylic acids is 16. The van der Waals surface area contributed by atoms with Gasteiger partial charge in [-0.15, -0.1) is 0 Å². The number of halogens is 20. The molecule has 0 atom stereocenters. The third kappa shape index (κ3) is 61.5. The van der Waals surface area contributed by atoms with Crippen molar-refractivity contribution in [2.75, 3.05) is 51.7 Å². The predicted octanol–water partition coefficient (Wildman–Crippen LogP) is 13.5. The molecule has 0 fully saturated rings. The van der Waals surface area contributed by atoms with Crippen molar-refractivity contribution in [3.8, 4) is 11.5 Å². The van der Waals surface area contributed by atoms with Gasteiger partial charge >= 0.3 is 30.2 Å². The summed E-state index contributed by atoms with van der Waals surface area (Å²) in [6.45, 7) is -0.338. The van der Waals surface area contributed by atoms with Crippen LogP contribution in [0.15, 0.2) is 121 Å². The Bertz CT molecular complexity index is 5310. The summed E-state index contributed by atoms with van der Waals surface area (Å²) in [5.41, 5.74) is 3.87. The van der Waals surface area contributed by atoms with Gasteiger partial charge in [0.15, 0.2) is 17.5 Å². The second kappa shape index (κ2) is 72.5. The van der Waals surface area contributed by atoms with Gasteiger partial charge in [0, 0.05) is 153 Å². The topological polar surface area (TPSA) is 576 Å². The number of carboxylic acids is 8. The number of amides is 6. The van der Waals surface area contributed by atoms with E-state index in [1.165, 1.54) is 0 Å². The second-order valence-electron chi connectivity index (χ2n) is 24.2. The van der Waals surface area contributed by atoms with Gasteiger partial charge in [-0.3, -0.25) is 35.1 Å². The summed E-state index contributed by atoms with van der Waals surface area (Å²) in [7, 11) is 0. The first-order valence-corrected chi connectivity index (χ1v) is 57.3. The van der Waals surface area contributed by atoms with Crippen molar-refractivity contribution in [2.24, 2.45) is 0 Å². The maximum Gasteiger partial charge on any atom is 0.411 e. The van der Waals surface area contributed by atoms with Gasteiger partial charge in [-0.1, -0.05) is 6.07 Å². The quantitative estimate of drug-likeness (QED) is 0.00356. The zero-order chi connectivity index (χ0) is 102. The molecular weight excluding hydrogens is 4030 g/mol. The Morgan fingerprint density at radius 1 is 0.246 bits per heavy atom. The molecule has 8 rings (SSSR count). The molecule has 0 saturated carbocycles. The van der Waals surface area contributed by atoms with Crippen molar-refractivity contribution in [3.63, 3.8) is 0 Å². The van der Waals surface area contributed by atoms with Crippen LogP contribution < -0.4 is 82.2 Å². The lowest BCUT2D eigenvalue weighted by Crippen LogP contribution is -2.35. The summed E-state index contributed by atoms with van der Waals surface area (Å²) >= 11 is 43.0. The molecule has 35 nitrogen and oxygen atoms in total. The van der Waals surface area contributed by atoms with Crippen LogP contribution in [0.2, 0.25) is 0 Å². The van der Waals surface area contributed by atoms with Crippen molar-refractivity contribution in [1.29, 1.82) is 0 Å². The molecule has 0 bridgehead atoms. The normalized spacial score (nSPS) is 9.91. The van der Waals surface area contributed by atoms with E-state index in [0.29, 0.717) is 47.7 Å². The first-order valence-electron chi connectivity index (χ1n) is 35.7. The van der Waals surface area contributed by atoms with Gasteiger partial charge in [0.05, 0.1) is 52.9 Å². The zero-order valence-corrected chi connectivity index (χ0v) is 110. The molecular formula is C79H56I20N6O29-8. The van der Waals surface area contributed by atoms with Crippen LogP contribution in [0.25, 0.3) is 0 Å². The average Bonchev–Trinajstić information content (AvgIpc) is 0.814. The van der Waals surface area contributed by atoms with Gasteiger partial charge in [0.2, 0.25) is 17.7 Å². The molecule has 55 heteroatoms. The van der Waals surface area contributed by atoms with E-state index in [0.717, 1.165) is 70.0 Å². The molecule has 0 heterocycles. The third-order valence-corrected chi connectivity index (χ3v) is 39.3. The van der Waals surface area contributed by atoms with E-state index in [1.54, 1.807) is 48.5 Å². The van der Waals surface area contributed by atoms with E-state index in [2.05, 4.69) is 453 Å². The van der Waals surface area contributed by atoms with Crippen LogP contribution in [0.1, 0.15) is 77.0 Å². The van der Waals surface area contributed by atoms with Gasteiger partial charge in [-0.25, -0.2) is 19.2 Å². The summed E-state index contributed by atoms with van der Waals surface area (Å²) in [5, 5.41) is 96.8. The fraction of sp³-hybridized carbons (Fsp3) is 0.190. The molecule has 0 radical (unpaired) electrons. The fourth-order valence-corrected chi connectivity index (χ4v) is 24.9. The minimum absolute atomic E-state index is 0.0593. The van der Waals surface area contributed by atoms with Crippen LogP contribution in [0.4, 0.5) is 48.5 Å². The van der Waals surface area contributed by atoms with Crippen LogP contribution in [-0.4, -0.2) is 116 Å². The SMILES string of the molecule is O=C([O-])C(=O)Oc1c(I)cc(I)cc1I.O=C([O-])CC(=O)Nc1cc(I)c(I)c(I)c1.O=C([O-])CCC(=O)Nc1cc(I)c(I)c(I)c1.O=C([O-])CCC(=O)Oc1c(I)cc(I)cc1I.O=C([O-])CCCC(=O)Nc1cc(I)c(I)c(I)c1.O=C([O-])CCCOC(=O)Nc1cccc(I)c1.O=C([O-])CCOC(=O)Nc1cc(I)c(I)c(I)c1.O=C([O-])CCOC(=O)Nc1ccc(I)cc1. The molecule has 134 heavy (non-hydrogen) atoms. The average molecular weight is 4090 g/mol. The third-order valence-electron chi connectivity index (χ3n) is 13.7. The maximum absolute atomic E-state index is 11.6. The van der Waals surface area contributed by atoms with E-state index in [4.69, 9.17) is 9.47 Å². The molecule has 0 aromatic heterocycles. The number of esters is 2. The monoisotopic (exact) mass is 4090 g/mol. The highest BCUT2D eigenvalue weighted by molar-refractivity contribution is 14.1. The molecule has 8 aromatic carbocycles. The van der Waals surface area contributed by atoms with Crippen LogP contribution in [0.5, 0.6) is 11.5 Å². The minimum Gasteiger partial charge on any atom is -0.550 e. The number of nitrogens with one attached hydrogen (secondary N) is 6. The van der Waals surface area contributed by atoms with Crippen molar-refractivity contribution >= 4 is 582 Å². The Hall–Kier alpha value is -0.720. The minimum atomic E-state index is -1.85. The second-order valence-corrected chi connectivity index (χ2v) is 47.5. The van der Waals surface area contributed by atoms with Crippen molar-refractivity contribution < 1.29 is 141 Å². The summed E-state index contributed by atoms with van der Waals surface area (Å²) < 4.78 is 43.8. The Morgan fingerprint density at radius 2 is 0.560 bits per heavy atom. The predicted molar refractivity (Wildman–Crippen MR) is 643 cm³/mol. The lowest BCUT2D eigenvalue weighted by Gasteiger charge is -2.09. The lowest BCUT2D eigenvalue weighted by molar-refractivity contribution is -0.307. The van der Waals surface area contributed by atoms with Crippen LogP contribution in [0.3, 0.4) is 0 Å². The van der Waals surface area contributed by atoms with Crippen LogP contribution in [-0.2, 0) is 76.5 Å². The molecule has 0 spiro atoms. The van der Waals surface area contributed by atoms with Gasteiger partial charge in [0.25, 0.3) is 0 Å². The number of rotatable bonds is 30. The fourth-order valence-electron chi connectivity index (χ4n) is 8.06. The van der Waals surface area contributed by atoms with E-state index >= 15 is 0 Å². The maximum atomic E-state index is 11.6. The molecule has 0 saturated heterocycles. The van der Waals surface area contributed by atoms with Crippen molar-refractivity contribution in [1.82, 2.24) is 0 Å². The van der Waals surface area contributed by atoms with Gasteiger partial charge in [0.1, 0.15) is 0 Å².